The first kappa shape index (κ1) is 19.7. The zero-order chi connectivity index (χ0) is 18.3. The van der Waals surface area contributed by atoms with Crippen LogP contribution in [0.2, 0.25) is 0 Å². The predicted molar refractivity (Wildman–Crippen MR) is 100 cm³/mol. The SMILES string of the molecule is COc1cc(C)c(Br)cc1S(=O)(=O)NC1CC(C)(C)NC(C)(C)C1. The average molecular weight is 419 g/mol. The van der Waals surface area contributed by atoms with Gasteiger partial charge in [0.1, 0.15) is 10.6 Å². The predicted octanol–water partition coefficient (Wildman–Crippen LogP) is 3.35. The summed E-state index contributed by atoms with van der Waals surface area (Å²) < 4.78 is 34.8. The largest absolute Gasteiger partial charge is 0.495 e. The molecule has 1 aliphatic heterocycles. The zero-order valence-electron chi connectivity index (χ0n) is 15.2. The Morgan fingerprint density at radius 1 is 1.21 bits per heavy atom. The molecule has 0 atom stereocenters. The normalized spacial score (nSPS) is 20.8. The molecule has 5 nitrogen and oxygen atoms in total. The van der Waals surface area contributed by atoms with Gasteiger partial charge >= 0.3 is 0 Å². The number of hydrogen-bond acceptors (Lipinski definition) is 4. The Bertz CT molecular complexity index is 714. The number of piperidine rings is 1. The Morgan fingerprint density at radius 2 is 1.75 bits per heavy atom. The first-order chi connectivity index (χ1) is 10.9. The fourth-order valence-electron chi connectivity index (χ4n) is 3.69. The molecule has 24 heavy (non-hydrogen) atoms. The molecule has 2 N–H and O–H groups in total. The molecule has 0 spiro atoms. The van der Waals surface area contributed by atoms with Gasteiger partial charge in [-0.1, -0.05) is 15.9 Å². The molecular weight excluding hydrogens is 392 g/mol. The summed E-state index contributed by atoms with van der Waals surface area (Å²) in [5, 5.41) is 3.56. The van der Waals surface area contributed by atoms with Gasteiger partial charge in [0.2, 0.25) is 10.0 Å². The van der Waals surface area contributed by atoms with Gasteiger partial charge in [0.15, 0.2) is 0 Å². The van der Waals surface area contributed by atoms with Crippen molar-refractivity contribution in [1.82, 2.24) is 10.0 Å². The number of sulfonamides is 1. The van der Waals surface area contributed by atoms with Gasteiger partial charge in [0, 0.05) is 21.6 Å². The van der Waals surface area contributed by atoms with Crippen molar-refractivity contribution in [3.8, 4) is 5.75 Å². The van der Waals surface area contributed by atoms with Gasteiger partial charge in [0.25, 0.3) is 0 Å². The number of nitrogens with one attached hydrogen (secondary N) is 2. The van der Waals surface area contributed by atoms with Gasteiger partial charge in [-0.3, -0.25) is 0 Å². The molecule has 0 aliphatic carbocycles. The molecule has 1 fully saturated rings. The number of methoxy groups -OCH3 is 1. The lowest BCUT2D eigenvalue weighted by atomic mass is 9.80. The molecule has 1 aliphatic rings. The van der Waals surface area contributed by atoms with E-state index in [-0.39, 0.29) is 22.0 Å². The van der Waals surface area contributed by atoms with Crippen LogP contribution in [0.25, 0.3) is 0 Å². The van der Waals surface area contributed by atoms with Crippen molar-refractivity contribution in [2.45, 2.75) is 69.5 Å². The maximum Gasteiger partial charge on any atom is 0.244 e. The summed E-state index contributed by atoms with van der Waals surface area (Å²) in [6, 6.07) is 3.20. The van der Waals surface area contributed by atoms with Crippen LogP contribution in [0.3, 0.4) is 0 Å². The van der Waals surface area contributed by atoms with Crippen LogP contribution in [0.4, 0.5) is 0 Å². The van der Waals surface area contributed by atoms with Crippen molar-refractivity contribution in [2.75, 3.05) is 7.11 Å². The maximum atomic E-state index is 12.9. The highest BCUT2D eigenvalue weighted by molar-refractivity contribution is 9.10. The molecule has 0 unspecified atom stereocenters. The van der Waals surface area contributed by atoms with Gasteiger partial charge < -0.3 is 10.1 Å². The average Bonchev–Trinajstić information content (AvgIpc) is 2.36. The maximum absolute atomic E-state index is 12.9. The third-order valence-corrected chi connectivity index (χ3v) is 6.64. The first-order valence-corrected chi connectivity index (χ1v) is 10.3. The summed E-state index contributed by atoms with van der Waals surface area (Å²) in [4.78, 5) is 0.164. The minimum Gasteiger partial charge on any atom is -0.495 e. The number of ether oxygens (including phenoxy) is 1. The van der Waals surface area contributed by atoms with E-state index in [2.05, 4.69) is 53.7 Å². The highest BCUT2D eigenvalue weighted by Crippen LogP contribution is 2.33. The first-order valence-electron chi connectivity index (χ1n) is 8.01. The summed E-state index contributed by atoms with van der Waals surface area (Å²) in [5.41, 5.74) is 0.662. The molecule has 1 aromatic carbocycles. The summed E-state index contributed by atoms with van der Waals surface area (Å²) in [7, 11) is -2.19. The van der Waals surface area contributed by atoms with Crippen LogP contribution < -0.4 is 14.8 Å². The van der Waals surface area contributed by atoms with Crippen molar-refractivity contribution < 1.29 is 13.2 Å². The Morgan fingerprint density at radius 3 is 2.25 bits per heavy atom. The monoisotopic (exact) mass is 418 g/mol. The van der Waals surface area contributed by atoms with E-state index in [1.54, 1.807) is 12.1 Å². The van der Waals surface area contributed by atoms with Gasteiger partial charge in [-0.05, 0) is 65.2 Å². The van der Waals surface area contributed by atoms with E-state index in [1.807, 2.05) is 6.92 Å². The minimum atomic E-state index is -3.68. The third kappa shape index (κ3) is 4.50. The molecule has 0 bridgehead atoms. The van der Waals surface area contributed by atoms with E-state index >= 15 is 0 Å². The Labute approximate surface area is 153 Å². The lowest BCUT2D eigenvalue weighted by molar-refractivity contribution is 0.157. The molecule has 1 aromatic rings. The molecule has 2 rings (SSSR count). The molecule has 136 valence electrons. The van der Waals surface area contributed by atoms with E-state index in [1.165, 1.54) is 7.11 Å². The van der Waals surface area contributed by atoms with Crippen molar-refractivity contribution in [3.05, 3.63) is 22.2 Å². The molecule has 0 saturated carbocycles. The van der Waals surface area contributed by atoms with E-state index in [0.717, 1.165) is 22.9 Å². The van der Waals surface area contributed by atoms with E-state index in [0.29, 0.717) is 5.75 Å². The number of benzene rings is 1. The van der Waals surface area contributed by atoms with E-state index in [4.69, 9.17) is 4.74 Å². The molecule has 0 radical (unpaired) electrons. The summed E-state index contributed by atoms with van der Waals surface area (Å²) in [6.07, 6.45) is 1.45. The van der Waals surface area contributed by atoms with Gasteiger partial charge in [-0.25, -0.2) is 13.1 Å². The lowest BCUT2D eigenvalue weighted by Gasteiger charge is -2.46. The minimum absolute atomic E-state index is 0.132. The van der Waals surface area contributed by atoms with Crippen LogP contribution >= 0.6 is 15.9 Å². The van der Waals surface area contributed by atoms with Crippen LogP contribution in [-0.4, -0.2) is 32.6 Å². The second-order valence-corrected chi connectivity index (χ2v) is 10.4. The second kappa shape index (κ2) is 6.59. The van der Waals surface area contributed by atoms with Crippen molar-refractivity contribution in [2.24, 2.45) is 0 Å². The standard InChI is InChI=1S/C17H27BrN2O3S/c1-11-7-14(23-6)15(8-13(11)18)24(21,22)19-12-9-16(2,3)20-17(4,5)10-12/h7-8,12,19-20H,9-10H2,1-6H3. The highest BCUT2D eigenvalue weighted by Gasteiger charge is 2.39. The Balaban J connectivity index is 2.34. The highest BCUT2D eigenvalue weighted by atomic mass is 79.9. The second-order valence-electron chi connectivity index (χ2n) is 7.87. The summed E-state index contributed by atoms with van der Waals surface area (Å²) in [6.45, 7) is 10.3. The summed E-state index contributed by atoms with van der Waals surface area (Å²) >= 11 is 3.41. The van der Waals surface area contributed by atoms with Crippen LogP contribution in [0.5, 0.6) is 5.75 Å². The topological polar surface area (TPSA) is 67.4 Å². The van der Waals surface area contributed by atoms with Crippen LogP contribution in [-0.2, 0) is 10.0 Å². The van der Waals surface area contributed by atoms with Crippen molar-refractivity contribution in [1.29, 1.82) is 0 Å². The van der Waals surface area contributed by atoms with E-state index < -0.39 is 10.0 Å². The molecule has 1 heterocycles. The smallest absolute Gasteiger partial charge is 0.244 e. The Hall–Kier alpha value is -0.630. The number of halogens is 1. The lowest BCUT2D eigenvalue weighted by Crippen LogP contribution is -2.62. The van der Waals surface area contributed by atoms with Crippen molar-refractivity contribution >= 4 is 26.0 Å². The third-order valence-electron chi connectivity index (χ3n) is 4.25. The fraction of sp³-hybridized carbons (Fsp3) is 0.647. The molecule has 0 aromatic heterocycles. The number of aryl methyl sites for hydroxylation is 1. The Kier molecular flexibility index (Phi) is 5.41. The number of rotatable bonds is 4. The van der Waals surface area contributed by atoms with Crippen LogP contribution in [0, 0.1) is 6.92 Å². The fourth-order valence-corrected chi connectivity index (χ4v) is 5.60. The van der Waals surface area contributed by atoms with Crippen LogP contribution in [0.1, 0.15) is 46.1 Å². The molecular formula is C17H27BrN2O3S. The zero-order valence-corrected chi connectivity index (χ0v) is 17.6. The molecule has 1 saturated heterocycles. The van der Waals surface area contributed by atoms with Crippen LogP contribution in [0.15, 0.2) is 21.5 Å². The molecule has 7 heteroatoms. The number of hydrogen-bond donors (Lipinski definition) is 2. The summed E-state index contributed by atoms with van der Waals surface area (Å²) in [5.74, 6) is 0.357. The van der Waals surface area contributed by atoms with E-state index in [9.17, 15) is 8.42 Å². The van der Waals surface area contributed by atoms with Gasteiger partial charge in [-0.15, -0.1) is 0 Å². The quantitative estimate of drug-likeness (QED) is 0.786. The van der Waals surface area contributed by atoms with Gasteiger partial charge in [-0.2, -0.15) is 0 Å². The molecule has 0 amide bonds. The van der Waals surface area contributed by atoms with Crippen molar-refractivity contribution in [3.63, 3.8) is 0 Å². The van der Waals surface area contributed by atoms with Gasteiger partial charge in [0.05, 0.1) is 7.11 Å².